The molecule has 4 nitrogen and oxygen atoms in total. The molecule has 1 aromatic heterocycles. The van der Waals surface area contributed by atoms with Crippen LogP contribution in [0.5, 0.6) is 0 Å². The Labute approximate surface area is 127 Å². The fourth-order valence-electron chi connectivity index (χ4n) is 2.27. The van der Waals surface area contributed by atoms with E-state index in [1.807, 2.05) is 13.8 Å². The molecule has 2 rings (SSSR count). The van der Waals surface area contributed by atoms with Gasteiger partial charge in [-0.25, -0.2) is 8.42 Å². The first kappa shape index (κ1) is 15.4. The van der Waals surface area contributed by atoms with E-state index in [4.69, 9.17) is 0 Å². The Kier molecular flexibility index (Phi) is 5.05. The van der Waals surface area contributed by atoms with Gasteiger partial charge in [0, 0.05) is 18.6 Å². The van der Waals surface area contributed by atoms with E-state index in [0.717, 1.165) is 23.2 Å². The first-order valence-electron chi connectivity index (χ1n) is 6.42. The average molecular weight is 367 g/mol. The molecule has 1 N–H and O–H groups in total. The molecule has 1 aliphatic rings. The summed E-state index contributed by atoms with van der Waals surface area (Å²) >= 11 is 4.59. The highest BCUT2D eigenvalue weighted by Crippen LogP contribution is 2.29. The summed E-state index contributed by atoms with van der Waals surface area (Å²) in [5.74, 6) is 0. The fraction of sp³-hybridized carbons (Fsp3) is 0.667. The van der Waals surface area contributed by atoms with Crippen LogP contribution in [0.25, 0.3) is 0 Å². The summed E-state index contributed by atoms with van der Waals surface area (Å²) in [6.45, 7) is 5.39. The van der Waals surface area contributed by atoms with Crippen LogP contribution < -0.4 is 5.32 Å². The van der Waals surface area contributed by atoms with Crippen molar-refractivity contribution in [2.24, 2.45) is 0 Å². The Morgan fingerprint density at radius 3 is 2.74 bits per heavy atom. The maximum atomic E-state index is 12.7. The summed E-state index contributed by atoms with van der Waals surface area (Å²) in [4.78, 5) is 0. The molecule has 7 heteroatoms. The number of sulfonamides is 1. The summed E-state index contributed by atoms with van der Waals surface area (Å²) in [6, 6.07) is 3.69. The normalized spacial score (nSPS) is 20.6. The van der Waals surface area contributed by atoms with E-state index in [1.165, 1.54) is 11.3 Å². The fourth-order valence-corrected chi connectivity index (χ4v) is 6.09. The van der Waals surface area contributed by atoms with Gasteiger partial charge in [-0.1, -0.05) is 0 Å². The van der Waals surface area contributed by atoms with E-state index in [1.54, 1.807) is 16.4 Å². The largest absolute Gasteiger partial charge is 0.313 e. The van der Waals surface area contributed by atoms with Crippen LogP contribution in [0.3, 0.4) is 0 Å². The smallest absolute Gasteiger partial charge is 0.252 e. The summed E-state index contributed by atoms with van der Waals surface area (Å²) < 4.78 is 28.2. The van der Waals surface area contributed by atoms with Crippen molar-refractivity contribution in [1.82, 2.24) is 9.62 Å². The first-order valence-corrected chi connectivity index (χ1v) is 9.47. The summed E-state index contributed by atoms with van der Waals surface area (Å²) in [6.07, 6.45) is 2.17. The van der Waals surface area contributed by atoms with Crippen molar-refractivity contribution < 1.29 is 8.42 Å². The maximum absolute atomic E-state index is 12.7. The van der Waals surface area contributed by atoms with Gasteiger partial charge in [-0.2, -0.15) is 4.31 Å². The third-order valence-corrected chi connectivity index (χ3v) is 7.38. The minimum atomic E-state index is -3.39. The molecular weight excluding hydrogens is 348 g/mol. The second kappa shape index (κ2) is 6.22. The third-order valence-electron chi connectivity index (χ3n) is 3.25. The minimum Gasteiger partial charge on any atom is -0.313 e. The van der Waals surface area contributed by atoms with Gasteiger partial charge in [0.1, 0.15) is 4.21 Å². The Morgan fingerprint density at radius 2 is 2.26 bits per heavy atom. The second-order valence-electron chi connectivity index (χ2n) is 5.02. The van der Waals surface area contributed by atoms with Crippen molar-refractivity contribution in [2.75, 3.05) is 13.1 Å². The molecule has 0 saturated carbocycles. The molecule has 0 radical (unpaired) electrons. The van der Waals surface area contributed by atoms with Crippen molar-refractivity contribution in [3.63, 3.8) is 0 Å². The molecule has 1 unspecified atom stereocenters. The number of nitrogens with one attached hydrogen (secondary N) is 1. The summed E-state index contributed by atoms with van der Waals surface area (Å²) in [7, 11) is -3.39. The molecule has 1 aliphatic heterocycles. The van der Waals surface area contributed by atoms with Crippen LogP contribution in [0.1, 0.15) is 26.7 Å². The van der Waals surface area contributed by atoms with Gasteiger partial charge in [0.05, 0.1) is 3.79 Å². The van der Waals surface area contributed by atoms with Gasteiger partial charge in [-0.15, -0.1) is 11.3 Å². The molecule has 0 amide bonds. The SMILES string of the molecule is CC(C)N(CC1CCCN1)S(=O)(=O)c1ccc(Br)s1. The predicted octanol–water partition coefficient (Wildman–Crippen LogP) is 2.66. The zero-order valence-electron chi connectivity index (χ0n) is 11.1. The molecule has 1 aromatic rings. The van der Waals surface area contributed by atoms with Gasteiger partial charge >= 0.3 is 0 Å². The summed E-state index contributed by atoms with van der Waals surface area (Å²) in [5.41, 5.74) is 0. The highest BCUT2D eigenvalue weighted by molar-refractivity contribution is 9.11. The highest BCUT2D eigenvalue weighted by atomic mass is 79.9. The van der Waals surface area contributed by atoms with Crippen LogP contribution in [-0.2, 0) is 10.0 Å². The van der Waals surface area contributed by atoms with Crippen LogP contribution in [-0.4, -0.2) is 37.9 Å². The molecule has 1 fully saturated rings. The highest BCUT2D eigenvalue weighted by Gasteiger charge is 2.31. The van der Waals surface area contributed by atoms with Gasteiger partial charge in [0.2, 0.25) is 0 Å². The molecular formula is C12H19BrN2O2S2. The van der Waals surface area contributed by atoms with Crippen LogP contribution in [0.4, 0.5) is 0 Å². The maximum Gasteiger partial charge on any atom is 0.252 e. The van der Waals surface area contributed by atoms with Gasteiger partial charge in [0.25, 0.3) is 10.0 Å². The van der Waals surface area contributed by atoms with Crippen molar-refractivity contribution in [1.29, 1.82) is 0 Å². The lowest BCUT2D eigenvalue weighted by molar-refractivity contribution is 0.323. The molecule has 108 valence electrons. The van der Waals surface area contributed by atoms with Crippen LogP contribution >= 0.6 is 27.3 Å². The lowest BCUT2D eigenvalue weighted by atomic mass is 10.2. The van der Waals surface area contributed by atoms with Crippen molar-refractivity contribution in [3.05, 3.63) is 15.9 Å². The zero-order chi connectivity index (χ0) is 14.0. The van der Waals surface area contributed by atoms with Crippen molar-refractivity contribution in [3.8, 4) is 0 Å². The number of rotatable bonds is 5. The van der Waals surface area contributed by atoms with Crippen LogP contribution in [0.15, 0.2) is 20.1 Å². The van der Waals surface area contributed by atoms with E-state index in [-0.39, 0.29) is 12.1 Å². The first-order chi connectivity index (χ1) is 8.91. The predicted molar refractivity (Wildman–Crippen MR) is 82.1 cm³/mol. The van der Waals surface area contributed by atoms with E-state index >= 15 is 0 Å². The van der Waals surface area contributed by atoms with Gasteiger partial charge < -0.3 is 5.32 Å². The Hall–Kier alpha value is 0.0500. The summed E-state index contributed by atoms with van der Waals surface area (Å²) in [5, 5.41) is 3.36. The number of hydrogen-bond acceptors (Lipinski definition) is 4. The van der Waals surface area contributed by atoms with E-state index in [2.05, 4.69) is 21.2 Å². The number of nitrogens with zero attached hydrogens (tertiary/aromatic N) is 1. The van der Waals surface area contributed by atoms with Gasteiger partial charge in [0.15, 0.2) is 0 Å². The molecule has 1 atom stereocenters. The lowest BCUT2D eigenvalue weighted by Crippen LogP contribution is -2.44. The van der Waals surface area contributed by atoms with Crippen LogP contribution in [0, 0.1) is 0 Å². The molecule has 0 aromatic carbocycles. The average Bonchev–Trinajstić information content (AvgIpc) is 2.96. The van der Waals surface area contributed by atoms with Crippen molar-refractivity contribution >= 4 is 37.3 Å². The Morgan fingerprint density at radius 1 is 1.53 bits per heavy atom. The van der Waals surface area contributed by atoms with Gasteiger partial charge in [-0.05, 0) is 61.3 Å². The number of hydrogen-bond donors (Lipinski definition) is 1. The number of thiophene rings is 1. The third kappa shape index (κ3) is 3.58. The Balaban J connectivity index is 2.22. The van der Waals surface area contributed by atoms with Gasteiger partial charge in [-0.3, -0.25) is 0 Å². The van der Waals surface area contributed by atoms with E-state index in [0.29, 0.717) is 10.8 Å². The monoisotopic (exact) mass is 366 g/mol. The van der Waals surface area contributed by atoms with Crippen molar-refractivity contribution in [2.45, 2.75) is 43.0 Å². The van der Waals surface area contributed by atoms with Crippen LogP contribution in [0.2, 0.25) is 0 Å². The topological polar surface area (TPSA) is 49.4 Å². The van der Waals surface area contributed by atoms with E-state index in [9.17, 15) is 8.42 Å². The molecule has 0 aliphatic carbocycles. The molecule has 0 spiro atoms. The molecule has 1 saturated heterocycles. The second-order valence-corrected chi connectivity index (χ2v) is 9.60. The molecule has 0 bridgehead atoms. The minimum absolute atomic E-state index is 0.0340. The quantitative estimate of drug-likeness (QED) is 0.871. The lowest BCUT2D eigenvalue weighted by Gasteiger charge is -2.28. The standard InChI is InChI=1S/C12H19BrN2O2S2/c1-9(2)15(8-10-4-3-7-14-10)19(16,17)12-6-5-11(13)18-12/h5-6,9-10,14H,3-4,7-8H2,1-2H3. The van der Waals surface area contributed by atoms with E-state index < -0.39 is 10.0 Å². The zero-order valence-corrected chi connectivity index (χ0v) is 14.3. The Bertz CT molecular complexity index is 522. The number of halogens is 1. The molecule has 2 heterocycles. The molecule has 19 heavy (non-hydrogen) atoms.